The summed E-state index contributed by atoms with van der Waals surface area (Å²) in [6.45, 7) is 1.59. The lowest BCUT2D eigenvalue weighted by Gasteiger charge is -2.11. The van der Waals surface area contributed by atoms with Gasteiger partial charge in [0, 0.05) is 10.9 Å². The van der Waals surface area contributed by atoms with E-state index in [0.717, 1.165) is 22.2 Å². The minimum absolute atomic E-state index is 0.384. The van der Waals surface area contributed by atoms with Crippen molar-refractivity contribution in [1.29, 1.82) is 0 Å². The summed E-state index contributed by atoms with van der Waals surface area (Å²) in [5.41, 5.74) is 1.73. The van der Waals surface area contributed by atoms with Crippen molar-refractivity contribution in [3.63, 3.8) is 0 Å². The number of aromatic amines is 1. The molecule has 0 fully saturated rings. The average molecular weight is 329 g/mol. The summed E-state index contributed by atoms with van der Waals surface area (Å²) < 4.78 is 1.87. The zero-order chi connectivity index (χ0) is 17.3. The summed E-state index contributed by atoms with van der Waals surface area (Å²) >= 11 is 0. The highest BCUT2D eigenvalue weighted by molar-refractivity contribution is 5.80. The minimum atomic E-state index is -1.37. The van der Waals surface area contributed by atoms with Crippen LogP contribution in [0.15, 0.2) is 60.9 Å². The normalized spacial score (nSPS) is 13.2. The molecule has 2 heterocycles. The van der Waals surface area contributed by atoms with Crippen molar-refractivity contribution in [2.45, 2.75) is 12.5 Å². The maximum Gasteiger partial charge on any atom is 0.168 e. The van der Waals surface area contributed by atoms with Gasteiger partial charge in [0.15, 0.2) is 5.60 Å². The second-order valence-electron chi connectivity index (χ2n) is 5.84. The van der Waals surface area contributed by atoms with Crippen molar-refractivity contribution >= 4 is 10.9 Å². The van der Waals surface area contributed by atoms with Gasteiger partial charge in [-0.15, -0.1) is 0 Å². The molecule has 6 heteroatoms. The number of nitrogens with one attached hydrogen (secondary N) is 1. The number of nitrogens with zero attached hydrogens (tertiary/aromatic N) is 4. The molecule has 2 N–H and O–H groups in total. The zero-order valence-corrected chi connectivity index (χ0v) is 13.5. The first-order chi connectivity index (χ1) is 12.1. The van der Waals surface area contributed by atoms with E-state index in [1.807, 2.05) is 59.4 Å². The fourth-order valence-electron chi connectivity index (χ4n) is 2.59. The molecular formula is C19H15N5O. The van der Waals surface area contributed by atoms with Gasteiger partial charge in [-0.3, -0.25) is 0 Å². The van der Waals surface area contributed by atoms with Crippen molar-refractivity contribution in [3.05, 3.63) is 72.2 Å². The van der Waals surface area contributed by atoms with Gasteiger partial charge in [-0.1, -0.05) is 36.1 Å². The van der Waals surface area contributed by atoms with Crippen molar-refractivity contribution in [3.8, 4) is 17.5 Å². The first kappa shape index (κ1) is 15.1. The molecule has 0 radical (unpaired) electrons. The van der Waals surface area contributed by atoms with E-state index in [4.69, 9.17) is 0 Å². The third kappa shape index (κ3) is 2.89. The van der Waals surface area contributed by atoms with Gasteiger partial charge in [0.1, 0.15) is 5.69 Å². The van der Waals surface area contributed by atoms with Crippen molar-refractivity contribution in [2.24, 2.45) is 0 Å². The Kier molecular flexibility index (Phi) is 3.56. The fourth-order valence-corrected chi connectivity index (χ4v) is 2.59. The molecule has 4 rings (SSSR count). The Morgan fingerprint density at radius 1 is 1.12 bits per heavy atom. The van der Waals surface area contributed by atoms with E-state index in [1.165, 1.54) is 6.20 Å². The Labute approximate surface area is 144 Å². The van der Waals surface area contributed by atoms with Gasteiger partial charge < -0.3 is 5.11 Å². The maximum atomic E-state index is 10.4. The fraction of sp³-hybridized carbons (Fsp3) is 0.105. The number of aromatic nitrogens is 5. The van der Waals surface area contributed by atoms with Crippen LogP contribution in [-0.2, 0) is 5.60 Å². The number of para-hydroxylation sites is 1. The van der Waals surface area contributed by atoms with Gasteiger partial charge in [0.2, 0.25) is 0 Å². The first-order valence-electron chi connectivity index (χ1n) is 7.78. The van der Waals surface area contributed by atoms with Crippen LogP contribution in [0, 0.1) is 11.8 Å². The van der Waals surface area contributed by atoms with Gasteiger partial charge in [-0.25, -0.2) is 4.68 Å². The Bertz CT molecular complexity index is 1080. The summed E-state index contributed by atoms with van der Waals surface area (Å²) in [5, 5.41) is 26.0. The average Bonchev–Trinajstić information content (AvgIpc) is 3.30. The number of rotatable bonds is 2. The number of hydrogen-bond donors (Lipinski definition) is 2. The number of aliphatic hydroxyl groups is 1. The molecule has 2 aromatic heterocycles. The molecule has 0 spiro atoms. The SMILES string of the molecule is C[C@](O)(C#Cc1cccc(-n2ncc3ccccc32)c1)c1cn[nH]n1. The third-order valence-corrected chi connectivity index (χ3v) is 3.93. The Balaban J connectivity index is 1.71. The highest BCUT2D eigenvalue weighted by atomic mass is 16.3. The maximum absolute atomic E-state index is 10.4. The van der Waals surface area contributed by atoms with Crippen molar-refractivity contribution in [1.82, 2.24) is 25.2 Å². The molecule has 4 aromatic rings. The molecule has 25 heavy (non-hydrogen) atoms. The number of fused-ring (bicyclic) bond motifs is 1. The molecule has 6 nitrogen and oxygen atoms in total. The van der Waals surface area contributed by atoms with Crippen LogP contribution in [0.3, 0.4) is 0 Å². The van der Waals surface area contributed by atoms with Crippen LogP contribution in [0.4, 0.5) is 0 Å². The highest BCUT2D eigenvalue weighted by Crippen LogP contribution is 2.19. The van der Waals surface area contributed by atoms with Crippen LogP contribution in [0.25, 0.3) is 16.6 Å². The van der Waals surface area contributed by atoms with Crippen molar-refractivity contribution < 1.29 is 5.11 Å². The van der Waals surface area contributed by atoms with E-state index in [9.17, 15) is 5.11 Å². The summed E-state index contributed by atoms with van der Waals surface area (Å²) in [5.74, 6) is 5.84. The lowest BCUT2D eigenvalue weighted by Crippen LogP contribution is -2.19. The van der Waals surface area contributed by atoms with Gasteiger partial charge >= 0.3 is 0 Å². The predicted molar refractivity (Wildman–Crippen MR) is 93.9 cm³/mol. The van der Waals surface area contributed by atoms with Crippen LogP contribution in [0.5, 0.6) is 0 Å². The first-order valence-corrected chi connectivity index (χ1v) is 7.78. The lowest BCUT2D eigenvalue weighted by molar-refractivity contribution is 0.117. The van der Waals surface area contributed by atoms with Crippen LogP contribution >= 0.6 is 0 Å². The second-order valence-corrected chi connectivity index (χ2v) is 5.84. The van der Waals surface area contributed by atoms with Gasteiger partial charge in [-0.05, 0) is 31.2 Å². The molecule has 0 saturated heterocycles. The van der Waals surface area contributed by atoms with Gasteiger partial charge in [-0.2, -0.15) is 20.5 Å². The molecule has 0 aliphatic heterocycles. The Morgan fingerprint density at radius 3 is 2.84 bits per heavy atom. The van der Waals surface area contributed by atoms with Gasteiger partial charge in [0.05, 0.1) is 23.6 Å². The smallest absolute Gasteiger partial charge is 0.168 e. The molecule has 0 aliphatic rings. The second kappa shape index (κ2) is 5.89. The predicted octanol–water partition coefficient (Wildman–Crippen LogP) is 2.40. The minimum Gasteiger partial charge on any atom is -0.372 e. The van der Waals surface area contributed by atoms with E-state index < -0.39 is 5.60 Å². The largest absolute Gasteiger partial charge is 0.372 e. The molecule has 2 aromatic carbocycles. The molecule has 0 saturated carbocycles. The zero-order valence-electron chi connectivity index (χ0n) is 13.5. The monoisotopic (exact) mass is 329 g/mol. The summed E-state index contributed by atoms with van der Waals surface area (Å²) in [6, 6.07) is 15.7. The number of benzene rings is 2. The van der Waals surface area contributed by atoms with Gasteiger partial charge in [0.25, 0.3) is 0 Å². The van der Waals surface area contributed by atoms with E-state index in [-0.39, 0.29) is 0 Å². The molecular weight excluding hydrogens is 314 g/mol. The van der Waals surface area contributed by atoms with Crippen LogP contribution < -0.4 is 0 Å². The lowest BCUT2D eigenvalue weighted by atomic mass is 10.0. The summed E-state index contributed by atoms with van der Waals surface area (Å²) in [7, 11) is 0. The van der Waals surface area contributed by atoms with E-state index >= 15 is 0 Å². The van der Waals surface area contributed by atoms with Crippen LogP contribution in [0.2, 0.25) is 0 Å². The highest BCUT2D eigenvalue weighted by Gasteiger charge is 2.23. The van der Waals surface area contributed by atoms with Crippen molar-refractivity contribution in [2.75, 3.05) is 0 Å². The summed E-state index contributed by atoms with van der Waals surface area (Å²) in [6.07, 6.45) is 3.30. The molecule has 1 atom stereocenters. The van der Waals surface area contributed by atoms with E-state index in [2.05, 4.69) is 32.4 Å². The molecule has 0 amide bonds. The number of H-pyrrole nitrogens is 1. The van der Waals surface area contributed by atoms with E-state index in [1.54, 1.807) is 6.92 Å². The topological polar surface area (TPSA) is 79.6 Å². The number of hydrogen-bond acceptors (Lipinski definition) is 4. The standard InChI is InChI=1S/C19H15N5O/c1-19(25,18-13-20-23-22-18)10-9-14-5-4-7-16(11-14)24-17-8-3-2-6-15(17)12-21-24/h2-8,11-13,25H,1H3,(H,20,22,23)/t19-/m0/s1. The molecule has 122 valence electrons. The van der Waals surface area contributed by atoms with Crippen LogP contribution in [0.1, 0.15) is 18.2 Å². The molecule has 0 unspecified atom stereocenters. The molecule has 0 aliphatic carbocycles. The van der Waals surface area contributed by atoms with E-state index in [0.29, 0.717) is 5.69 Å². The Hall–Kier alpha value is -3.43. The Morgan fingerprint density at radius 2 is 2.00 bits per heavy atom. The summed E-state index contributed by atoms with van der Waals surface area (Å²) in [4.78, 5) is 0. The third-order valence-electron chi connectivity index (χ3n) is 3.93. The quantitative estimate of drug-likeness (QED) is 0.554. The molecule has 0 bridgehead atoms. The van der Waals surface area contributed by atoms with Crippen LogP contribution in [-0.4, -0.2) is 30.3 Å².